The Kier molecular flexibility index (Phi) is 2.40. The monoisotopic (exact) mass is 128 g/mol. The van der Waals surface area contributed by atoms with E-state index in [0.29, 0.717) is 0 Å². The Balaban J connectivity index is 3.74. The van der Waals surface area contributed by atoms with Gasteiger partial charge in [-0.05, 0) is 19.9 Å². The summed E-state index contributed by atoms with van der Waals surface area (Å²) in [7, 11) is 0. The van der Waals surface area contributed by atoms with Gasteiger partial charge in [0.25, 0.3) is 0 Å². The van der Waals surface area contributed by atoms with Crippen LogP contribution in [0.15, 0.2) is 12.7 Å². The number of hydrogen-bond donors (Lipinski definition) is 2. The van der Waals surface area contributed by atoms with Gasteiger partial charge in [-0.1, -0.05) is 6.58 Å². The van der Waals surface area contributed by atoms with Crippen molar-refractivity contribution < 1.29 is 4.79 Å². The Morgan fingerprint density at radius 3 is 2.33 bits per heavy atom. The summed E-state index contributed by atoms with van der Waals surface area (Å²) in [6.07, 6.45) is 1.19. The standard InChI is InChI=1S/C6H12N2O/c1-4-5(9)8-6(2,3)7/h4H,1,7H2,2-3H3,(H,8,9). The van der Waals surface area contributed by atoms with Gasteiger partial charge >= 0.3 is 0 Å². The van der Waals surface area contributed by atoms with E-state index in [1.54, 1.807) is 13.8 Å². The van der Waals surface area contributed by atoms with E-state index >= 15 is 0 Å². The third kappa shape index (κ3) is 5.03. The van der Waals surface area contributed by atoms with Crippen molar-refractivity contribution in [2.45, 2.75) is 19.5 Å². The highest BCUT2D eigenvalue weighted by molar-refractivity contribution is 5.87. The second kappa shape index (κ2) is 2.64. The van der Waals surface area contributed by atoms with Crippen molar-refractivity contribution in [3.63, 3.8) is 0 Å². The molecule has 0 atom stereocenters. The average molecular weight is 128 g/mol. The minimum Gasteiger partial charge on any atom is -0.335 e. The summed E-state index contributed by atoms with van der Waals surface area (Å²) in [4.78, 5) is 10.5. The highest BCUT2D eigenvalue weighted by Crippen LogP contribution is 1.88. The fourth-order valence-corrected chi connectivity index (χ4v) is 0.369. The maximum Gasteiger partial charge on any atom is 0.244 e. The lowest BCUT2D eigenvalue weighted by atomic mass is 10.2. The van der Waals surface area contributed by atoms with Crippen LogP contribution in [0, 0.1) is 0 Å². The Morgan fingerprint density at radius 2 is 2.22 bits per heavy atom. The first kappa shape index (κ1) is 8.17. The third-order valence-corrected chi connectivity index (χ3v) is 0.631. The SMILES string of the molecule is C=CC(=O)NC(C)(C)N. The van der Waals surface area contributed by atoms with Crippen LogP contribution in [-0.4, -0.2) is 11.6 Å². The summed E-state index contributed by atoms with van der Waals surface area (Å²) >= 11 is 0. The molecule has 0 spiro atoms. The molecule has 9 heavy (non-hydrogen) atoms. The summed E-state index contributed by atoms with van der Waals surface area (Å²) in [5.41, 5.74) is 4.78. The molecule has 0 heterocycles. The van der Waals surface area contributed by atoms with Crippen molar-refractivity contribution in [2.24, 2.45) is 5.73 Å². The Hall–Kier alpha value is -0.830. The quantitative estimate of drug-likeness (QED) is 0.405. The van der Waals surface area contributed by atoms with Crippen LogP contribution < -0.4 is 11.1 Å². The zero-order valence-electron chi connectivity index (χ0n) is 5.77. The van der Waals surface area contributed by atoms with Crippen LogP contribution in [0.25, 0.3) is 0 Å². The minimum absolute atomic E-state index is 0.248. The summed E-state index contributed by atoms with van der Waals surface area (Å²) < 4.78 is 0. The van der Waals surface area contributed by atoms with Gasteiger partial charge in [0.1, 0.15) is 0 Å². The highest BCUT2D eigenvalue weighted by atomic mass is 16.1. The molecular weight excluding hydrogens is 116 g/mol. The lowest BCUT2D eigenvalue weighted by Gasteiger charge is -2.18. The molecule has 0 unspecified atom stereocenters. The molecule has 0 fully saturated rings. The number of carbonyl (C=O) groups excluding carboxylic acids is 1. The molecule has 0 bridgehead atoms. The van der Waals surface area contributed by atoms with E-state index in [0.717, 1.165) is 0 Å². The lowest BCUT2D eigenvalue weighted by Crippen LogP contribution is -2.50. The first-order valence-electron chi connectivity index (χ1n) is 2.69. The van der Waals surface area contributed by atoms with E-state index in [1.807, 2.05) is 0 Å². The van der Waals surface area contributed by atoms with E-state index in [-0.39, 0.29) is 5.91 Å². The highest BCUT2D eigenvalue weighted by Gasteiger charge is 2.10. The molecule has 0 aromatic heterocycles. The zero-order valence-corrected chi connectivity index (χ0v) is 5.77. The van der Waals surface area contributed by atoms with Crippen LogP contribution in [0.2, 0.25) is 0 Å². The maximum atomic E-state index is 10.5. The first-order valence-corrected chi connectivity index (χ1v) is 2.69. The molecule has 3 nitrogen and oxygen atoms in total. The van der Waals surface area contributed by atoms with E-state index in [1.165, 1.54) is 6.08 Å². The average Bonchev–Trinajstić information content (AvgIpc) is 1.62. The van der Waals surface area contributed by atoms with Crippen LogP contribution in [0.5, 0.6) is 0 Å². The van der Waals surface area contributed by atoms with Gasteiger partial charge in [0.15, 0.2) is 0 Å². The molecule has 1 amide bonds. The van der Waals surface area contributed by atoms with Gasteiger partial charge in [0.05, 0.1) is 5.66 Å². The van der Waals surface area contributed by atoms with Crippen molar-refractivity contribution in [2.75, 3.05) is 0 Å². The molecule has 0 radical (unpaired) electrons. The van der Waals surface area contributed by atoms with Crippen LogP contribution >= 0.6 is 0 Å². The van der Waals surface area contributed by atoms with Crippen molar-refractivity contribution in [3.8, 4) is 0 Å². The second-order valence-corrected chi connectivity index (χ2v) is 2.42. The van der Waals surface area contributed by atoms with Gasteiger partial charge < -0.3 is 11.1 Å². The Labute approximate surface area is 54.9 Å². The predicted molar refractivity (Wildman–Crippen MR) is 36.6 cm³/mol. The fourth-order valence-electron chi connectivity index (χ4n) is 0.369. The van der Waals surface area contributed by atoms with Gasteiger partial charge in [0, 0.05) is 0 Å². The minimum atomic E-state index is -0.648. The summed E-state index contributed by atoms with van der Waals surface area (Å²) in [5, 5.41) is 2.49. The molecule has 0 saturated heterocycles. The summed E-state index contributed by atoms with van der Waals surface area (Å²) in [6, 6.07) is 0. The molecule has 0 aromatic carbocycles. The second-order valence-electron chi connectivity index (χ2n) is 2.42. The van der Waals surface area contributed by atoms with Gasteiger partial charge in [0.2, 0.25) is 5.91 Å². The Bertz CT molecular complexity index is 124. The number of nitrogens with two attached hydrogens (primary N) is 1. The smallest absolute Gasteiger partial charge is 0.244 e. The molecule has 0 rings (SSSR count). The normalized spacial score (nSPS) is 10.6. The predicted octanol–water partition coefficient (Wildman–Crippen LogP) is -0.0166. The number of rotatable bonds is 2. The van der Waals surface area contributed by atoms with Gasteiger partial charge in [-0.15, -0.1) is 0 Å². The van der Waals surface area contributed by atoms with Crippen LogP contribution in [0.3, 0.4) is 0 Å². The van der Waals surface area contributed by atoms with Gasteiger partial charge in [-0.2, -0.15) is 0 Å². The fraction of sp³-hybridized carbons (Fsp3) is 0.500. The van der Waals surface area contributed by atoms with Crippen molar-refractivity contribution in [1.82, 2.24) is 5.32 Å². The summed E-state index contributed by atoms with van der Waals surface area (Å²) in [6.45, 7) is 6.68. The molecule has 3 heteroatoms. The number of hydrogen-bond acceptors (Lipinski definition) is 2. The molecule has 0 aromatic rings. The third-order valence-electron chi connectivity index (χ3n) is 0.631. The first-order chi connectivity index (χ1) is 3.95. The molecular formula is C6H12N2O. The van der Waals surface area contributed by atoms with E-state index in [2.05, 4.69) is 11.9 Å². The van der Waals surface area contributed by atoms with Crippen molar-refractivity contribution in [3.05, 3.63) is 12.7 Å². The van der Waals surface area contributed by atoms with E-state index in [9.17, 15) is 4.79 Å². The number of amides is 1. The van der Waals surface area contributed by atoms with Gasteiger partial charge in [-0.3, -0.25) is 4.79 Å². The van der Waals surface area contributed by atoms with E-state index < -0.39 is 5.66 Å². The van der Waals surface area contributed by atoms with Crippen molar-refractivity contribution in [1.29, 1.82) is 0 Å². The van der Waals surface area contributed by atoms with Crippen LogP contribution in [-0.2, 0) is 4.79 Å². The van der Waals surface area contributed by atoms with E-state index in [4.69, 9.17) is 5.73 Å². The van der Waals surface area contributed by atoms with Crippen LogP contribution in [0.4, 0.5) is 0 Å². The topological polar surface area (TPSA) is 55.1 Å². The lowest BCUT2D eigenvalue weighted by molar-refractivity contribution is -0.117. The summed E-state index contributed by atoms with van der Waals surface area (Å²) in [5.74, 6) is -0.248. The Morgan fingerprint density at radius 1 is 1.78 bits per heavy atom. The molecule has 0 aliphatic heterocycles. The number of nitrogens with one attached hydrogen (secondary N) is 1. The number of carbonyl (C=O) groups is 1. The van der Waals surface area contributed by atoms with Crippen molar-refractivity contribution >= 4 is 5.91 Å². The molecule has 0 aliphatic carbocycles. The molecule has 0 aliphatic rings. The van der Waals surface area contributed by atoms with Crippen LogP contribution in [0.1, 0.15) is 13.8 Å². The van der Waals surface area contributed by atoms with Gasteiger partial charge in [-0.25, -0.2) is 0 Å². The molecule has 0 saturated carbocycles. The molecule has 52 valence electrons. The zero-order chi connectivity index (χ0) is 7.49. The maximum absolute atomic E-state index is 10.5. The molecule has 3 N–H and O–H groups in total. The largest absolute Gasteiger partial charge is 0.335 e.